The number of nitrogens with one attached hydrogen (secondary N) is 2. The molecule has 0 radical (unpaired) electrons. The number of ketones is 1. The zero-order chi connectivity index (χ0) is 18.8. The lowest BCUT2D eigenvalue weighted by Crippen LogP contribution is -3.18. The standard InChI is InChI=1S/C22H25N3O2/c1-16(22(26)20-15-23-21-6-4-3-5-19(20)21)24-11-13-25(14-12-24)17-7-9-18(27-2)10-8-17/h3-10,15-16,23H,11-14H2,1-2H3/p+1/t16-/m0/s1. The lowest BCUT2D eigenvalue weighted by Gasteiger charge is -2.36. The van der Waals surface area contributed by atoms with Crippen molar-refractivity contribution in [3.8, 4) is 5.75 Å². The maximum Gasteiger partial charge on any atom is 0.221 e. The molecule has 0 saturated carbocycles. The minimum atomic E-state index is -0.0396. The number of aromatic amines is 1. The number of hydrogen-bond acceptors (Lipinski definition) is 3. The van der Waals surface area contributed by atoms with Crippen LogP contribution in [-0.2, 0) is 0 Å². The number of benzene rings is 2. The molecule has 0 bridgehead atoms. The third kappa shape index (κ3) is 3.43. The molecule has 5 heteroatoms. The summed E-state index contributed by atoms with van der Waals surface area (Å²) in [6.07, 6.45) is 1.86. The Labute approximate surface area is 159 Å². The topological polar surface area (TPSA) is 49.8 Å². The van der Waals surface area contributed by atoms with E-state index in [4.69, 9.17) is 4.74 Å². The molecule has 0 spiro atoms. The molecule has 2 aromatic carbocycles. The fraction of sp³-hybridized carbons (Fsp3) is 0.318. The van der Waals surface area contributed by atoms with E-state index in [0.717, 1.165) is 48.4 Å². The Kier molecular flexibility index (Phi) is 4.86. The number of para-hydroxylation sites is 1. The molecule has 1 fully saturated rings. The largest absolute Gasteiger partial charge is 0.497 e. The summed E-state index contributed by atoms with van der Waals surface area (Å²) in [7, 11) is 1.68. The van der Waals surface area contributed by atoms with Crippen LogP contribution in [0.5, 0.6) is 5.75 Å². The molecular formula is C22H26N3O2+. The van der Waals surface area contributed by atoms with Gasteiger partial charge in [-0.05, 0) is 37.3 Å². The van der Waals surface area contributed by atoms with E-state index >= 15 is 0 Å². The molecule has 0 amide bonds. The van der Waals surface area contributed by atoms with Crippen molar-refractivity contribution < 1.29 is 14.4 Å². The van der Waals surface area contributed by atoms with Gasteiger partial charge in [0.15, 0.2) is 0 Å². The zero-order valence-corrected chi connectivity index (χ0v) is 15.9. The number of H-pyrrole nitrogens is 1. The van der Waals surface area contributed by atoms with Crippen LogP contribution in [0.25, 0.3) is 10.9 Å². The summed E-state index contributed by atoms with van der Waals surface area (Å²) in [6, 6.07) is 16.2. The van der Waals surface area contributed by atoms with Crippen LogP contribution in [-0.4, -0.2) is 50.1 Å². The summed E-state index contributed by atoms with van der Waals surface area (Å²) in [5.74, 6) is 1.10. The van der Waals surface area contributed by atoms with Crippen LogP contribution in [0, 0.1) is 0 Å². The highest BCUT2D eigenvalue weighted by Crippen LogP contribution is 2.20. The van der Waals surface area contributed by atoms with Crippen molar-refractivity contribution in [3.63, 3.8) is 0 Å². The predicted molar refractivity (Wildman–Crippen MR) is 108 cm³/mol. The summed E-state index contributed by atoms with van der Waals surface area (Å²) in [5.41, 5.74) is 3.04. The number of piperazine rings is 1. The quantitative estimate of drug-likeness (QED) is 0.682. The van der Waals surface area contributed by atoms with Gasteiger partial charge in [0.1, 0.15) is 11.8 Å². The summed E-state index contributed by atoms with van der Waals surface area (Å²) in [6.45, 7) is 5.88. The number of nitrogens with zero attached hydrogens (tertiary/aromatic N) is 1. The number of rotatable bonds is 5. The first kappa shape index (κ1) is 17.6. The van der Waals surface area contributed by atoms with Crippen molar-refractivity contribution in [2.24, 2.45) is 0 Å². The second-order valence-corrected chi connectivity index (χ2v) is 7.18. The van der Waals surface area contributed by atoms with Crippen LogP contribution >= 0.6 is 0 Å². The van der Waals surface area contributed by atoms with Gasteiger partial charge in [0.05, 0.1) is 33.3 Å². The Bertz CT molecular complexity index is 924. The molecular weight excluding hydrogens is 338 g/mol. The Balaban J connectivity index is 1.42. The molecule has 27 heavy (non-hydrogen) atoms. The molecule has 4 rings (SSSR count). The van der Waals surface area contributed by atoms with Crippen LogP contribution in [0.1, 0.15) is 17.3 Å². The van der Waals surface area contributed by atoms with E-state index in [-0.39, 0.29) is 11.8 Å². The molecule has 0 unspecified atom stereocenters. The molecule has 1 aliphatic heterocycles. The van der Waals surface area contributed by atoms with Crippen molar-refractivity contribution in [2.75, 3.05) is 38.2 Å². The maximum atomic E-state index is 13.1. The number of carbonyl (C=O) groups excluding carboxylic acids is 1. The fourth-order valence-electron chi connectivity index (χ4n) is 3.97. The van der Waals surface area contributed by atoms with Crippen molar-refractivity contribution in [1.29, 1.82) is 0 Å². The van der Waals surface area contributed by atoms with E-state index in [1.807, 2.05) is 42.6 Å². The number of anilines is 1. The van der Waals surface area contributed by atoms with Gasteiger partial charge in [-0.3, -0.25) is 4.79 Å². The monoisotopic (exact) mass is 364 g/mol. The third-order valence-electron chi connectivity index (χ3n) is 5.70. The normalized spacial score (nSPS) is 16.4. The second-order valence-electron chi connectivity index (χ2n) is 7.18. The van der Waals surface area contributed by atoms with E-state index in [9.17, 15) is 4.79 Å². The summed E-state index contributed by atoms with van der Waals surface area (Å²) in [5, 5.41) is 1.02. The van der Waals surface area contributed by atoms with Crippen molar-refractivity contribution in [1.82, 2.24) is 4.98 Å². The first-order chi connectivity index (χ1) is 13.2. The number of fused-ring (bicyclic) bond motifs is 1. The maximum absolute atomic E-state index is 13.1. The minimum absolute atomic E-state index is 0.0396. The van der Waals surface area contributed by atoms with E-state index in [0.29, 0.717) is 0 Å². The second kappa shape index (κ2) is 7.45. The number of ether oxygens (including phenoxy) is 1. The van der Waals surface area contributed by atoms with E-state index in [1.165, 1.54) is 10.6 Å². The van der Waals surface area contributed by atoms with E-state index < -0.39 is 0 Å². The average molecular weight is 364 g/mol. The lowest BCUT2D eigenvalue weighted by atomic mass is 10.0. The SMILES string of the molecule is COc1ccc(N2CC[NH+]([C@@H](C)C(=O)c3c[nH]c4ccccc34)CC2)cc1. The number of aromatic nitrogens is 1. The molecule has 2 N–H and O–H groups in total. The number of methoxy groups -OCH3 is 1. The van der Waals surface area contributed by atoms with Crippen LogP contribution < -0.4 is 14.5 Å². The van der Waals surface area contributed by atoms with Crippen LogP contribution in [0.15, 0.2) is 54.7 Å². The van der Waals surface area contributed by atoms with Crippen LogP contribution in [0.4, 0.5) is 5.69 Å². The number of carbonyl (C=O) groups is 1. The number of hydrogen-bond donors (Lipinski definition) is 2. The highest BCUT2D eigenvalue weighted by molar-refractivity contribution is 6.09. The molecule has 2 heterocycles. The highest BCUT2D eigenvalue weighted by Gasteiger charge is 2.31. The molecule has 0 aliphatic carbocycles. The number of quaternary nitrogens is 1. The fourth-order valence-corrected chi connectivity index (χ4v) is 3.97. The van der Waals surface area contributed by atoms with Gasteiger partial charge in [0, 0.05) is 28.4 Å². The first-order valence-electron chi connectivity index (χ1n) is 9.51. The van der Waals surface area contributed by atoms with Crippen molar-refractivity contribution >= 4 is 22.4 Å². The Morgan fingerprint density at radius 3 is 2.52 bits per heavy atom. The van der Waals surface area contributed by atoms with Crippen molar-refractivity contribution in [3.05, 3.63) is 60.3 Å². The van der Waals surface area contributed by atoms with Crippen molar-refractivity contribution in [2.45, 2.75) is 13.0 Å². The van der Waals surface area contributed by atoms with Gasteiger partial charge in [0.2, 0.25) is 5.78 Å². The molecule has 1 saturated heterocycles. The number of Topliss-reactive ketones (excluding diaryl/α,β-unsaturated/α-hetero) is 1. The van der Waals surface area contributed by atoms with E-state index in [2.05, 4.69) is 28.9 Å². The lowest BCUT2D eigenvalue weighted by molar-refractivity contribution is -0.914. The molecule has 1 atom stereocenters. The van der Waals surface area contributed by atoms with Gasteiger partial charge in [-0.15, -0.1) is 0 Å². The molecule has 3 aromatic rings. The summed E-state index contributed by atoms with van der Waals surface area (Å²) >= 11 is 0. The van der Waals surface area contributed by atoms with Gasteiger partial charge in [-0.2, -0.15) is 0 Å². The van der Waals surface area contributed by atoms with Gasteiger partial charge in [0.25, 0.3) is 0 Å². The molecule has 5 nitrogen and oxygen atoms in total. The van der Waals surface area contributed by atoms with Crippen LogP contribution in [0.3, 0.4) is 0 Å². The Hall–Kier alpha value is -2.79. The van der Waals surface area contributed by atoms with Gasteiger partial charge in [-0.1, -0.05) is 18.2 Å². The summed E-state index contributed by atoms with van der Waals surface area (Å²) in [4.78, 5) is 20.0. The molecule has 140 valence electrons. The predicted octanol–water partition coefficient (Wildman–Crippen LogP) is 2.15. The highest BCUT2D eigenvalue weighted by atomic mass is 16.5. The van der Waals surface area contributed by atoms with Gasteiger partial charge in [-0.25, -0.2) is 0 Å². The minimum Gasteiger partial charge on any atom is -0.497 e. The summed E-state index contributed by atoms with van der Waals surface area (Å²) < 4.78 is 5.23. The smallest absolute Gasteiger partial charge is 0.221 e. The third-order valence-corrected chi connectivity index (χ3v) is 5.70. The zero-order valence-electron chi connectivity index (χ0n) is 15.9. The first-order valence-corrected chi connectivity index (χ1v) is 9.51. The molecule has 1 aliphatic rings. The van der Waals surface area contributed by atoms with Gasteiger partial charge >= 0.3 is 0 Å². The average Bonchev–Trinajstić information content (AvgIpc) is 3.17. The Morgan fingerprint density at radius 2 is 1.81 bits per heavy atom. The van der Waals surface area contributed by atoms with Gasteiger partial charge < -0.3 is 19.5 Å². The van der Waals surface area contributed by atoms with Crippen LogP contribution in [0.2, 0.25) is 0 Å². The Morgan fingerprint density at radius 1 is 1.11 bits per heavy atom. The molecule has 1 aromatic heterocycles. The van der Waals surface area contributed by atoms with E-state index in [1.54, 1.807) is 7.11 Å².